The summed E-state index contributed by atoms with van der Waals surface area (Å²) in [5.74, 6) is 0.00750. The average Bonchev–Trinajstić information content (AvgIpc) is 2.78. The summed E-state index contributed by atoms with van der Waals surface area (Å²) in [6.07, 6.45) is 1.19. The molecule has 2 N–H and O–H groups in total. The van der Waals surface area contributed by atoms with Crippen LogP contribution in [0, 0.1) is 13.8 Å². The summed E-state index contributed by atoms with van der Waals surface area (Å²) in [6, 6.07) is 1.62. The molecule has 0 unspecified atom stereocenters. The van der Waals surface area contributed by atoms with Crippen LogP contribution in [0.1, 0.15) is 11.1 Å². The highest BCUT2D eigenvalue weighted by Gasteiger charge is 2.24. The quantitative estimate of drug-likeness (QED) is 0.909. The summed E-state index contributed by atoms with van der Waals surface area (Å²) in [5, 5.41) is 6.43. The molecular formula is C10H10Cl2N4O2S. The molecule has 1 aromatic carbocycles. The molecule has 9 heteroatoms. The lowest BCUT2D eigenvalue weighted by Crippen LogP contribution is -2.16. The van der Waals surface area contributed by atoms with E-state index >= 15 is 0 Å². The highest BCUT2D eigenvalue weighted by Crippen LogP contribution is 2.33. The maximum absolute atomic E-state index is 12.3. The van der Waals surface area contributed by atoms with Crippen molar-refractivity contribution in [3.63, 3.8) is 0 Å². The number of aryl methyl sites for hydroxylation is 1. The minimum atomic E-state index is -3.89. The van der Waals surface area contributed by atoms with E-state index in [0.717, 1.165) is 0 Å². The summed E-state index contributed by atoms with van der Waals surface area (Å²) >= 11 is 12.1. The van der Waals surface area contributed by atoms with Crippen LogP contribution in [0.2, 0.25) is 10.0 Å². The van der Waals surface area contributed by atoms with Crippen LogP contribution in [0.15, 0.2) is 17.3 Å². The van der Waals surface area contributed by atoms with Gasteiger partial charge < -0.3 is 0 Å². The minimum absolute atomic E-state index is 0.00750. The molecule has 0 radical (unpaired) electrons. The van der Waals surface area contributed by atoms with Gasteiger partial charge in [-0.25, -0.2) is 18.2 Å². The number of aromatic amines is 1. The number of H-pyrrole nitrogens is 1. The third kappa shape index (κ3) is 2.68. The van der Waals surface area contributed by atoms with Gasteiger partial charge in [-0.2, -0.15) is 10.1 Å². The van der Waals surface area contributed by atoms with Crippen LogP contribution in [-0.4, -0.2) is 23.6 Å². The standard InChI is InChI=1S/C10H10Cl2N4O2S/c1-5-3-7(11)6(2)9(8(5)12)19(17,18)16-10-13-4-14-15-10/h3-4H,1-2H3,(H2,13,14,15,16). The molecule has 0 aliphatic carbocycles. The average molecular weight is 321 g/mol. The van der Waals surface area contributed by atoms with Crippen molar-refractivity contribution in [2.45, 2.75) is 18.7 Å². The lowest BCUT2D eigenvalue weighted by molar-refractivity contribution is 0.600. The lowest BCUT2D eigenvalue weighted by atomic mass is 10.2. The van der Waals surface area contributed by atoms with Crippen LogP contribution >= 0.6 is 23.2 Å². The van der Waals surface area contributed by atoms with Gasteiger partial charge in [0.15, 0.2) is 0 Å². The van der Waals surface area contributed by atoms with E-state index in [1.807, 2.05) is 0 Å². The number of benzene rings is 1. The van der Waals surface area contributed by atoms with Crippen molar-refractivity contribution in [3.8, 4) is 0 Å². The van der Waals surface area contributed by atoms with Gasteiger partial charge in [-0.1, -0.05) is 23.2 Å². The Labute approximate surface area is 120 Å². The van der Waals surface area contributed by atoms with Gasteiger partial charge in [-0.05, 0) is 31.0 Å². The molecule has 19 heavy (non-hydrogen) atoms. The largest absolute Gasteiger partial charge is 0.266 e. The van der Waals surface area contributed by atoms with Crippen LogP contribution in [0.3, 0.4) is 0 Å². The van der Waals surface area contributed by atoms with Gasteiger partial charge >= 0.3 is 0 Å². The first kappa shape index (κ1) is 14.1. The number of nitrogens with one attached hydrogen (secondary N) is 2. The molecule has 6 nitrogen and oxygen atoms in total. The van der Waals surface area contributed by atoms with Crippen LogP contribution in [0.5, 0.6) is 0 Å². The molecule has 0 atom stereocenters. The fraction of sp³-hybridized carbons (Fsp3) is 0.200. The van der Waals surface area contributed by atoms with E-state index in [1.165, 1.54) is 6.33 Å². The molecule has 102 valence electrons. The number of aromatic nitrogens is 3. The highest BCUT2D eigenvalue weighted by atomic mass is 35.5. The molecule has 0 fully saturated rings. The van der Waals surface area contributed by atoms with Gasteiger partial charge in [0.05, 0.1) is 5.02 Å². The van der Waals surface area contributed by atoms with Crippen molar-refractivity contribution >= 4 is 39.2 Å². The van der Waals surface area contributed by atoms with Crippen LogP contribution in [-0.2, 0) is 10.0 Å². The molecule has 0 saturated carbocycles. The summed E-state index contributed by atoms with van der Waals surface area (Å²) in [7, 11) is -3.89. The van der Waals surface area contributed by atoms with E-state index in [9.17, 15) is 8.42 Å². The Morgan fingerprint density at radius 3 is 2.58 bits per heavy atom. The lowest BCUT2D eigenvalue weighted by Gasteiger charge is -2.13. The van der Waals surface area contributed by atoms with E-state index < -0.39 is 10.0 Å². The van der Waals surface area contributed by atoms with Gasteiger partial charge in [-0.3, -0.25) is 0 Å². The number of anilines is 1. The third-order valence-electron chi connectivity index (χ3n) is 2.50. The SMILES string of the molecule is Cc1cc(Cl)c(C)c(S(=O)(=O)Nc2ncn[nH]2)c1Cl. The Kier molecular flexibility index (Phi) is 3.71. The highest BCUT2D eigenvalue weighted by molar-refractivity contribution is 7.92. The monoisotopic (exact) mass is 320 g/mol. The summed E-state index contributed by atoms with van der Waals surface area (Å²) < 4.78 is 26.9. The Hall–Kier alpha value is -1.31. The third-order valence-corrected chi connectivity index (χ3v) is 5.00. The first-order valence-electron chi connectivity index (χ1n) is 5.16. The Morgan fingerprint density at radius 2 is 2.00 bits per heavy atom. The molecule has 1 heterocycles. The fourth-order valence-corrected chi connectivity index (χ4v) is 3.75. The van der Waals surface area contributed by atoms with Crippen molar-refractivity contribution in [3.05, 3.63) is 33.6 Å². The number of hydrogen-bond donors (Lipinski definition) is 2. The minimum Gasteiger partial charge on any atom is -0.248 e. The predicted molar refractivity (Wildman–Crippen MR) is 73.1 cm³/mol. The Morgan fingerprint density at radius 1 is 1.32 bits per heavy atom. The predicted octanol–water partition coefficient (Wildman–Crippen LogP) is 2.53. The summed E-state index contributed by atoms with van der Waals surface area (Å²) in [4.78, 5) is 3.64. The van der Waals surface area contributed by atoms with Crippen molar-refractivity contribution in [1.82, 2.24) is 15.2 Å². The molecule has 2 rings (SSSR count). The molecular weight excluding hydrogens is 311 g/mol. The smallest absolute Gasteiger partial charge is 0.248 e. The maximum Gasteiger partial charge on any atom is 0.266 e. The van der Waals surface area contributed by atoms with E-state index in [0.29, 0.717) is 16.1 Å². The van der Waals surface area contributed by atoms with E-state index in [4.69, 9.17) is 23.2 Å². The van der Waals surface area contributed by atoms with E-state index in [-0.39, 0.29) is 15.9 Å². The molecule has 0 aliphatic heterocycles. The van der Waals surface area contributed by atoms with E-state index in [1.54, 1.807) is 19.9 Å². The molecule has 0 bridgehead atoms. The maximum atomic E-state index is 12.3. The van der Waals surface area contributed by atoms with Crippen molar-refractivity contribution in [1.29, 1.82) is 0 Å². The second-order valence-electron chi connectivity index (χ2n) is 3.88. The topological polar surface area (TPSA) is 87.7 Å². The number of halogens is 2. The molecule has 2 aromatic rings. The zero-order valence-corrected chi connectivity index (χ0v) is 12.4. The first-order chi connectivity index (χ1) is 8.83. The Bertz CT molecular complexity index is 687. The zero-order valence-electron chi connectivity index (χ0n) is 10.0. The van der Waals surface area contributed by atoms with E-state index in [2.05, 4.69) is 19.9 Å². The summed E-state index contributed by atoms with van der Waals surface area (Å²) in [5.41, 5.74) is 0.958. The fourth-order valence-electron chi connectivity index (χ4n) is 1.57. The normalized spacial score (nSPS) is 11.6. The molecule has 0 aliphatic rings. The van der Waals surface area contributed by atoms with Crippen molar-refractivity contribution in [2.75, 3.05) is 4.72 Å². The van der Waals surface area contributed by atoms with Gasteiger partial charge in [0.1, 0.15) is 11.2 Å². The zero-order chi connectivity index (χ0) is 14.2. The van der Waals surface area contributed by atoms with Crippen LogP contribution in [0.25, 0.3) is 0 Å². The van der Waals surface area contributed by atoms with Crippen LogP contribution < -0.4 is 4.72 Å². The Balaban J connectivity index is 2.58. The second-order valence-corrected chi connectivity index (χ2v) is 6.29. The molecule has 0 saturated heterocycles. The first-order valence-corrected chi connectivity index (χ1v) is 7.40. The van der Waals surface area contributed by atoms with Gasteiger partial charge in [0, 0.05) is 5.02 Å². The summed E-state index contributed by atoms with van der Waals surface area (Å²) in [6.45, 7) is 3.27. The molecule has 0 spiro atoms. The van der Waals surface area contributed by atoms with Crippen molar-refractivity contribution in [2.24, 2.45) is 0 Å². The number of rotatable bonds is 3. The van der Waals surface area contributed by atoms with Crippen molar-refractivity contribution < 1.29 is 8.42 Å². The van der Waals surface area contributed by atoms with Gasteiger partial charge in [-0.15, -0.1) is 0 Å². The second kappa shape index (κ2) is 4.99. The van der Waals surface area contributed by atoms with Gasteiger partial charge in [0.25, 0.3) is 10.0 Å². The number of sulfonamides is 1. The number of hydrogen-bond acceptors (Lipinski definition) is 4. The molecule has 1 aromatic heterocycles. The van der Waals surface area contributed by atoms with Gasteiger partial charge in [0.2, 0.25) is 5.95 Å². The molecule has 0 amide bonds. The van der Waals surface area contributed by atoms with Crippen LogP contribution in [0.4, 0.5) is 5.95 Å². The number of nitrogens with zero attached hydrogens (tertiary/aromatic N) is 2.